The number of fused-ring (bicyclic) bond motifs is 1. The van der Waals surface area contributed by atoms with Gasteiger partial charge in [-0.3, -0.25) is 0 Å². The molecule has 0 amide bonds. The van der Waals surface area contributed by atoms with E-state index in [1.165, 1.54) is 7.11 Å². The molecule has 0 fully saturated rings. The molecule has 0 spiro atoms. The maximum Gasteiger partial charge on any atom is 0.338 e. The minimum absolute atomic E-state index is 0.394. The van der Waals surface area contributed by atoms with Gasteiger partial charge in [0, 0.05) is 5.70 Å². The highest BCUT2D eigenvalue weighted by Gasteiger charge is 2.35. The summed E-state index contributed by atoms with van der Waals surface area (Å²) in [6.07, 6.45) is 0. The Kier molecular flexibility index (Phi) is 3.17. The summed E-state index contributed by atoms with van der Waals surface area (Å²) in [7, 11) is 1.37. The molecule has 21 heavy (non-hydrogen) atoms. The summed E-state index contributed by atoms with van der Waals surface area (Å²) in [4.78, 5) is 12.2. The summed E-state index contributed by atoms with van der Waals surface area (Å²) >= 11 is 0. The van der Waals surface area contributed by atoms with Crippen molar-refractivity contribution in [3.05, 3.63) is 46.7 Å². The highest BCUT2D eigenvalue weighted by atomic mass is 16.5. The number of anilines is 1. The Balaban J connectivity index is 2.23. The van der Waals surface area contributed by atoms with Gasteiger partial charge in [0.15, 0.2) is 0 Å². The fourth-order valence-corrected chi connectivity index (χ4v) is 2.57. The average Bonchev–Trinajstić information content (AvgIpc) is 2.93. The van der Waals surface area contributed by atoms with Crippen LogP contribution in [0, 0.1) is 6.92 Å². The van der Waals surface area contributed by atoms with Crippen molar-refractivity contribution in [1.29, 1.82) is 0 Å². The molecule has 1 unspecified atom stereocenters. The normalized spacial score (nSPS) is 17.2. The number of hydrogen-bond donors (Lipinski definition) is 1. The van der Waals surface area contributed by atoms with E-state index in [1.807, 2.05) is 38.1 Å². The van der Waals surface area contributed by atoms with Gasteiger partial charge >= 0.3 is 5.97 Å². The molecule has 0 aliphatic carbocycles. The zero-order valence-electron chi connectivity index (χ0n) is 12.0. The molecule has 1 aliphatic heterocycles. The van der Waals surface area contributed by atoms with E-state index in [1.54, 1.807) is 4.68 Å². The van der Waals surface area contributed by atoms with Crippen LogP contribution in [-0.4, -0.2) is 33.3 Å². The quantitative estimate of drug-likeness (QED) is 0.841. The largest absolute Gasteiger partial charge is 0.466 e. The van der Waals surface area contributed by atoms with E-state index in [0.717, 1.165) is 11.1 Å². The number of methoxy groups -OCH3 is 1. The minimum atomic E-state index is -0.398. The smallest absolute Gasteiger partial charge is 0.338 e. The Labute approximate surface area is 121 Å². The number of carbonyl (C=O) groups excluding carboxylic acids is 1. The average molecular weight is 285 g/mol. The third-order valence-electron chi connectivity index (χ3n) is 3.60. The summed E-state index contributed by atoms with van der Waals surface area (Å²) in [5, 5.41) is 14.7. The molecule has 0 saturated carbocycles. The topological polar surface area (TPSA) is 81.9 Å². The number of hydrogen-bond acceptors (Lipinski definition) is 6. The molecular formula is C14H15N5O2. The molecular weight excluding hydrogens is 270 g/mol. The first-order chi connectivity index (χ1) is 10.1. The highest BCUT2D eigenvalue weighted by Crippen LogP contribution is 2.35. The molecule has 2 aromatic rings. The lowest BCUT2D eigenvalue weighted by Gasteiger charge is -2.27. The Morgan fingerprint density at radius 3 is 2.81 bits per heavy atom. The Bertz CT molecular complexity index is 734. The van der Waals surface area contributed by atoms with Crippen molar-refractivity contribution in [3.8, 4) is 0 Å². The van der Waals surface area contributed by atoms with Crippen molar-refractivity contribution in [1.82, 2.24) is 20.2 Å². The third kappa shape index (κ3) is 2.06. The van der Waals surface area contributed by atoms with Crippen LogP contribution in [0.5, 0.6) is 0 Å². The molecule has 1 N–H and O–H groups in total. The number of aromatic nitrogens is 4. The van der Waals surface area contributed by atoms with E-state index in [9.17, 15) is 4.79 Å². The van der Waals surface area contributed by atoms with E-state index in [-0.39, 0.29) is 0 Å². The van der Waals surface area contributed by atoms with Gasteiger partial charge in [-0.15, -0.1) is 0 Å². The second-order valence-corrected chi connectivity index (χ2v) is 4.86. The van der Waals surface area contributed by atoms with Gasteiger partial charge < -0.3 is 10.1 Å². The molecule has 1 aliphatic rings. The molecule has 1 aromatic heterocycles. The zero-order chi connectivity index (χ0) is 15.0. The van der Waals surface area contributed by atoms with Crippen LogP contribution < -0.4 is 5.32 Å². The van der Waals surface area contributed by atoms with Gasteiger partial charge in [-0.1, -0.05) is 29.4 Å². The first-order valence-corrected chi connectivity index (χ1v) is 6.53. The molecule has 0 radical (unpaired) electrons. The minimum Gasteiger partial charge on any atom is -0.466 e. The predicted molar refractivity (Wildman–Crippen MR) is 75.5 cm³/mol. The van der Waals surface area contributed by atoms with Gasteiger partial charge in [0.1, 0.15) is 6.04 Å². The molecule has 0 bridgehead atoms. The predicted octanol–water partition coefficient (Wildman–Crippen LogP) is 1.44. The van der Waals surface area contributed by atoms with Crippen LogP contribution in [0.4, 0.5) is 5.95 Å². The van der Waals surface area contributed by atoms with Crippen LogP contribution in [0.3, 0.4) is 0 Å². The summed E-state index contributed by atoms with van der Waals surface area (Å²) in [6, 6.07) is 7.44. The number of aryl methyl sites for hydroxylation is 1. The van der Waals surface area contributed by atoms with Crippen molar-refractivity contribution < 1.29 is 9.53 Å². The third-order valence-corrected chi connectivity index (χ3v) is 3.60. The monoisotopic (exact) mass is 285 g/mol. The van der Waals surface area contributed by atoms with E-state index in [0.29, 0.717) is 17.2 Å². The number of allylic oxidation sites excluding steroid dienone is 1. The zero-order valence-corrected chi connectivity index (χ0v) is 12.0. The maximum atomic E-state index is 12.2. The van der Waals surface area contributed by atoms with Gasteiger partial charge in [0.05, 0.1) is 12.7 Å². The van der Waals surface area contributed by atoms with Crippen molar-refractivity contribution >= 4 is 11.9 Å². The molecule has 3 rings (SSSR count). The summed E-state index contributed by atoms with van der Waals surface area (Å²) < 4.78 is 6.52. The highest BCUT2D eigenvalue weighted by molar-refractivity contribution is 5.92. The van der Waals surface area contributed by atoms with Crippen LogP contribution in [0.25, 0.3) is 0 Å². The number of rotatable bonds is 2. The van der Waals surface area contributed by atoms with Crippen LogP contribution >= 0.6 is 0 Å². The maximum absolute atomic E-state index is 12.2. The van der Waals surface area contributed by atoms with Gasteiger partial charge in [-0.05, 0) is 35.4 Å². The first kappa shape index (κ1) is 13.3. The van der Waals surface area contributed by atoms with Gasteiger partial charge in [-0.25, -0.2) is 4.79 Å². The first-order valence-electron chi connectivity index (χ1n) is 6.53. The number of nitrogens with one attached hydrogen (secondary N) is 1. The number of carbonyl (C=O) groups is 1. The second kappa shape index (κ2) is 5.01. The van der Waals surface area contributed by atoms with Crippen molar-refractivity contribution in [2.24, 2.45) is 0 Å². The standard InChI is InChI=1S/C14H15N5O2/c1-8-6-4-5-7-10(8)12-11(13(20)21-3)9(2)15-14-16-17-18-19(12)14/h4-7,12H,1-3H3,(H,15,16,18). The van der Waals surface area contributed by atoms with Crippen molar-refractivity contribution in [2.45, 2.75) is 19.9 Å². The van der Waals surface area contributed by atoms with Crippen LogP contribution in [0.2, 0.25) is 0 Å². The second-order valence-electron chi connectivity index (χ2n) is 4.86. The number of nitrogens with zero attached hydrogens (tertiary/aromatic N) is 4. The van der Waals surface area contributed by atoms with Gasteiger partial charge in [0.2, 0.25) is 5.95 Å². The summed E-state index contributed by atoms with van der Waals surface area (Å²) in [6.45, 7) is 3.81. The van der Waals surface area contributed by atoms with E-state index in [2.05, 4.69) is 20.8 Å². The summed E-state index contributed by atoms with van der Waals surface area (Å²) in [5.41, 5.74) is 3.22. The Morgan fingerprint density at radius 2 is 2.10 bits per heavy atom. The Hall–Kier alpha value is -2.70. The summed E-state index contributed by atoms with van der Waals surface area (Å²) in [5.74, 6) is 0.114. The molecule has 108 valence electrons. The number of tetrazole rings is 1. The Morgan fingerprint density at radius 1 is 1.33 bits per heavy atom. The van der Waals surface area contributed by atoms with E-state index < -0.39 is 12.0 Å². The number of benzene rings is 1. The van der Waals surface area contributed by atoms with Crippen LogP contribution in [-0.2, 0) is 9.53 Å². The lowest BCUT2D eigenvalue weighted by molar-refractivity contribution is -0.136. The SMILES string of the molecule is COC(=O)C1=C(C)Nc2nnnn2C1c1ccccc1C. The fourth-order valence-electron chi connectivity index (χ4n) is 2.57. The van der Waals surface area contributed by atoms with E-state index >= 15 is 0 Å². The molecule has 7 heteroatoms. The van der Waals surface area contributed by atoms with Crippen molar-refractivity contribution in [2.75, 3.05) is 12.4 Å². The number of ether oxygens (including phenoxy) is 1. The lowest BCUT2D eigenvalue weighted by Crippen LogP contribution is -2.29. The number of esters is 1. The molecule has 7 nitrogen and oxygen atoms in total. The van der Waals surface area contributed by atoms with Crippen LogP contribution in [0.15, 0.2) is 35.5 Å². The van der Waals surface area contributed by atoms with Crippen LogP contribution in [0.1, 0.15) is 24.1 Å². The molecule has 0 saturated heterocycles. The molecule has 1 aromatic carbocycles. The van der Waals surface area contributed by atoms with Gasteiger partial charge in [-0.2, -0.15) is 4.68 Å². The van der Waals surface area contributed by atoms with E-state index in [4.69, 9.17) is 4.74 Å². The van der Waals surface area contributed by atoms with Crippen molar-refractivity contribution in [3.63, 3.8) is 0 Å². The molecule has 2 heterocycles. The van der Waals surface area contributed by atoms with Gasteiger partial charge in [0.25, 0.3) is 0 Å². The lowest BCUT2D eigenvalue weighted by atomic mass is 9.93. The fraction of sp³-hybridized carbons (Fsp3) is 0.286. The molecule has 1 atom stereocenters.